The fraction of sp³-hybridized carbons (Fsp3) is 0.625. The van der Waals surface area contributed by atoms with Crippen LogP contribution in [0, 0.1) is 0 Å². The molecule has 0 aliphatic heterocycles. The number of hydrogen-bond acceptors (Lipinski definition) is 3. The fourth-order valence-electron chi connectivity index (χ4n) is 1.79. The number of rotatable bonds is 6. The SMILES string of the molecule is CNC(CO[Si](C)(C)C(C)(C)C)[C@@H](N)c1ccccc1. The molecule has 0 saturated carbocycles. The third-order valence-corrected chi connectivity index (χ3v) is 8.92. The minimum Gasteiger partial charge on any atom is -0.415 e. The summed E-state index contributed by atoms with van der Waals surface area (Å²) in [5, 5.41) is 3.52. The van der Waals surface area contributed by atoms with E-state index in [1.807, 2.05) is 25.2 Å². The predicted molar refractivity (Wildman–Crippen MR) is 89.4 cm³/mol. The van der Waals surface area contributed by atoms with Crippen LogP contribution in [-0.2, 0) is 4.43 Å². The van der Waals surface area contributed by atoms with Crippen molar-refractivity contribution in [2.24, 2.45) is 5.73 Å². The first-order valence-electron chi connectivity index (χ1n) is 7.31. The van der Waals surface area contributed by atoms with Crippen molar-refractivity contribution in [3.05, 3.63) is 35.9 Å². The van der Waals surface area contributed by atoms with Gasteiger partial charge in [-0.15, -0.1) is 0 Å². The average Bonchev–Trinajstić information content (AvgIpc) is 2.38. The van der Waals surface area contributed by atoms with Gasteiger partial charge < -0.3 is 15.5 Å². The minimum absolute atomic E-state index is 0.0500. The Kier molecular flexibility index (Phi) is 5.95. The van der Waals surface area contributed by atoms with Crippen LogP contribution in [0.3, 0.4) is 0 Å². The lowest BCUT2D eigenvalue weighted by Gasteiger charge is -2.38. The van der Waals surface area contributed by atoms with Gasteiger partial charge in [0.15, 0.2) is 8.32 Å². The molecule has 0 aromatic heterocycles. The Balaban J connectivity index is 2.69. The van der Waals surface area contributed by atoms with Gasteiger partial charge in [-0.25, -0.2) is 0 Å². The van der Waals surface area contributed by atoms with E-state index in [1.165, 1.54) is 0 Å². The second-order valence-corrected chi connectivity index (χ2v) is 11.7. The van der Waals surface area contributed by atoms with Crippen LogP contribution in [0.25, 0.3) is 0 Å². The fourth-order valence-corrected chi connectivity index (χ4v) is 2.82. The molecular formula is C16H30N2OSi. The predicted octanol–water partition coefficient (Wildman–Crippen LogP) is 3.30. The van der Waals surface area contributed by atoms with E-state index in [0.717, 1.165) is 5.56 Å². The summed E-state index contributed by atoms with van der Waals surface area (Å²) in [6, 6.07) is 10.3. The second kappa shape index (κ2) is 6.85. The van der Waals surface area contributed by atoms with E-state index in [1.54, 1.807) is 0 Å². The molecule has 0 heterocycles. The van der Waals surface area contributed by atoms with Crippen molar-refractivity contribution in [1.82, 2.24) is 5.32 Å². The first-order valence-corrected chi connectivity index (χ1v) is 10.2. The van der Waals surface area contributed by atoms with Crippen molar-refractivity contribution >= 4 is 8.32 Å². The zero-order valence-corrected chi connectivity index (χ0v) is 14.7. The Labute approximate surface area is 125 Å². The first kappa shape index (κ1) is 17.4. The van der Waals surface area contributed by atoms with Gasteiger partial charge in [0.05, 0.1) is 6.61 Å². The highest BCUT2D eigenvalue weighted by molar-refractivity contribution is 6.74. The largest absolute Gasteiger partial charge is 0.415 e. The van der Waals surface area contributed by atoms with Gasteiger partial charge in [0.1, 0.15) is 0 Å². The van der Waals surface area contributed by atoms with E-state index in [0.29, 0.717) is 6.61 Å². The van der Waals surface area contributed by atoms with Crippen LogP contribution >= 0.6 is 0 Å². The third-order valence-electron chi connectivity index (χ3n) is 4.42. The summed E-state index contributed by atoms with van der Waals surface area (Å²) < 4.78 is 6.29. The summed E-state index contributed by atoms with van der Waals surface area (Å²) in [6.07, 6.45) is 0. The molecule has 0 saturated heterocycles. The quantitative estimate of drug-likeness (QED) is 0.791. The van der Waals surface area contributed by atoms with E-state index in [9.17, 15) is 0 Å². The highest BCUT2D eigenvalue weighted by Gasteiger charge is 2.37. The molecule has 0 radical (unpaired) electrons. The molecule has 1 unspecified atom stereocenters. The molecule has 0 bridgehead atoms. The zero-order valence-electron chi connectivity index (χ0n) is 13.7. The molecule has 4 heteroatoms. The van der Waals surface area contributed by atoms with Gasteiger partial charge in [0.25, 0.3) is 0 Å². The number of benzene rings is 1. The molecule has 20 heavy (non-hydrogen) atoms. The Morgan fingerprint density at radius 1 is 1.20 bits per heavy atom. The maximum atomic E-state index is 6.36. The van der Waals surface area contributed by atoms with Gasteiger partial charge in [-0.1, -0.05) is 51.1 Å². The average molecular weight is 295 g/mol. The normalized spacial score (nSPS) is 15.9. The number of likely N-dealkylation sites (N-methyl/N-ethyl adjacent to an activating group) is 1. The van der Waals surface area contributed by atoms with Gasteiger partial charge in [-0.3, -0.25) is 0 Å². The Morgan fingerprint density at radius 2 is 1.75 bits per heavy atom. The van der Waals surface area contributed by atoms with Crippen molar-refractivity contribution in [1.29, 1.82) is 0 Å². The Bertz CT molecular complexity index is 401. The molecule has 3 nitrogen and oxygen atoms in total. The van der Waals surface area contributed by atoms with Gasteiger partial charge in [0.2, 0.25) is 0 Å². The molecule has 2 atom stereocenters. The molecule has 1 aromatic carbocycles. The zero-order chi connectivity index (χ0) is 15.4. The van der Waals surface area contributed by atoms with Crippen LogP contribution in [0.2, 0.25) is 18.1 Å². The van der Waals surface area contributed by atoms with Crippen LogP contribution in [-0.4, -0.2) is 28.0 Å². The third kappa shape index (κ3) is 4.41. The summed E-state index contributed by atoms with van der Waals surface area (Å²) in [5.74, 6) is 0. The molecule has 0 aliphatic carbocycles. The van der Waals surface area contributed by atoms with Crippen LogP contribution in [0.5, 0.6) is 0 Å². The molecular weight excluding hydrogens is 264 g/mol. The number of hydrogen-bond donors (Lipinski definition) is 2. The topological polar surface area (TPSA) is 47.3 Å². The van der Waals surface area contributed by atoms with Crippen LogP contribution in [0.1, 0.15) is 32.4 Å². The van der Waals surface area contributed by atoms with Gasteiger partial charge in [-0.05, 0) is 30.7 Å². The second-order valence-electron chi connectivity index (χ2n) is 6.90. The van der Waals surface area contributed by atoms with Crippen molar-refractivity contribution in [2.45, 2.75) is 51.0 Å². The molecule has 0 spiro atoms. The highest BCUT2D eigenvalue weighted by Crippen LogP contribution is 2.36. The minimum atomic E-state index is -1.73. The van der Waals surface area contributed by atoms with Gasteiger partial charge >= 0.3 is 0 Å². The Hall–Kier alpha value is -0.683. The molecule has 114 valence electrons. The van der Waals surface area contributed by atoms with Crippen molar-refractivity contribution < 1.29 is 4.43 Å². The highest BCUT2D eigenvalue weighted by atomic mass is 28.4. The maximum Gasteiger partial charge on any atom is 0.192 e. The summed E-state index contributed by atoms with van der Waals surface area (Å²) in [6.45, 7) is 12.0. The summed E-state index contributed by atoms with van der Waals surface area (Å²) in [4.78, 5) is 0. The Morgan fingerprint density at radius 3 is 2.20 bits per heavy atom. The van der Waals surface area contributed by atoms with Gasteiger partial charge in [-0.2, -0.15) is 0 Å². The maximum absolute atomic E-state index is 6.36. The lowest BCUT2D eigenvalue weighted by Crippen LogP contribution is -2.47. The van der Waals surface area contributed by atoms with E-state index in [2.05, 4.69) is 51.3 Å². The first-order chi connectivity index (χ1) is 9.19. The number of nitrogens with two attached hydrogens (primary N) is 1. The monoisotopic (exact) mass is 294 g/mol. The van der Waals surface area contributed by atoms with Crippen LogP contribution in [0.4, 0.5) is 0 Å². The standard InChI is InChI=1S/C16H30N2OSi/c1-16(2,3)20(5,6)19-12-14(18-4)15(17)13-10-8-7-9-11-13/h7-11,14-15,18H,12,17H2,1-6H3/t14?,15-/m0/s1. The summed E-state index contributed by atoms with van der Waals surface area (Å²) in [5.41, 5.74) is 7.51. The summed E-state index contributed by atoms with van der Waals surface area (Å²) in [7, 11) is 0.221. The van der Waals surface area contributed by atoms with Crippen molar-refractivity contribution in [2.75, 3.05) is 13.7 Å². The van der Waals surface area contributed by atoms with Crippen LogP contribution < -0.4 is 11.1 Å². The molecule has 0 amide bonds. The molecule has 1 rings (SSSR count). The summed E-state index contributed by atoms with van der Waals surface area (Å²) >= 11 is 0. The molecule has 3 N–H and O–H groups in total. The molecule has 0 aliphatic rings. The van der Waals surface area contributed by atoms with E-state index in [4.69, 9.17) is 10.2 Å². The van der Waals surface area contributed by atoms with Gasteiger partial charge in [0, 0.05) is 12.1 Å². The molecule has 0 fully saturated rings. The lowest BCUT2D eigenvalue weighted by molar-refractivity contribution is 0.231. The lowest BCUT2D eigenvalue weighted by atomic mass is 10.0. The number of nitrogens with one attached hydrogen (secondary N) is 1. The van der Waals surface area contributed by atoms with E-state index in [-0.39, 0.29) is 17.1 Å². The molecule has 1 aromatic rings. The van der Waals surface area contributed by atoms with Crippen LogP contribution in [0.15, 0.2) is 30.3 Å². The van der Waals surface area contributed by atoms with E-state index < -0.39 is 8.32 Å². The smallest absolute Gasteiger partial charge is 0.192 e. The van der Waals surface area contributed by atoms with Crippen molar-refractivity contribution in [3.63, 3.8) is 0 Å². The van der Waals surface area contributed by atoms with Crippen molar-refractivity contribution in [3.8, 4) is 0 Å². The van der Waals surface area contributed by atoms with E-state index >= 15 is 0 Å².